The summed E-state index contributed by atoms with van der Waals surface area (Å²) in [7, 11) is 0. The number of nitrogens with zero attached hydrogens (tertiary/aromatic N) is 1. The fourth-order valence-electron chi connectivity index (χ4n) is 3.23. The predicted octanol–water partition coefficient (Wildman–Crippen LogP) is 3.53. The first-order valence-electron chi connectivity index (χ1n) is 7.50. The van der Waals surface area contributed by atoms with Crippen molar-refractivity contribution in [2.75, 3.05) is 6.54 Å². The quantitative estimate of drug-likeness (QED) is 0.756. The van der Waals surface area contributed by atoms with Crippen LogP contribution in [0, 0.1) is 5.92 Å². The number of aliphatic carboxylic acids is 1. The summed E-state index contributed by atoms with van der Waals surface area (Å²) >= 11 is 0. The Morgan fingerprint density at radius 2 is 1.83 bits per heavy atom. The lowest BCUT2D eigenvalue weighted by Gasteiger charge is -2.39. The Hall–Kier alpha value is -0.570. The first-order valence-corrected chi connectivity index (χ1v) is 7.50. The van der Waals surface area contributed by atoms with Gasteiger partial charge in [0.15, 0.2) is 0 Å². The minimum atomic E-state index is -0.677. The van der Waals surface area contributed by atoms with Crippen LogP contribution in [0.1, 0.15) is 65.7 Å². The average molecular weight is 255 g/mol. The molecule has 0 aliphatic heterocycles. The maximum absolute atomic E-state index is 10.6. The highest BCUT2D eigenvalue weighted by molar-refractivity contribution is 5.66. The van der Waals surface area contributed by atoms with Crippen molar-refractivity contribution in [1.82, 2.24) is 4.90 Å². The molecule has 0 spiro atoms. The summed E-state index contributed by atoms with van der Waals surface area (Å²) in [6.07, 6.45) is 7.90. The molecular formula is C15H29NO2. The van der Waals surface area contributed by atoms with Crippen LogP contribution in [0.15, 0.2) is 0 Å². The van der Waals surface area contributed by atoms with Crippen molar-refractivity contribution in [3.05, 3.63) is 0 Å². The van der Waals surface area contributed by atoms with Crippen LogP contribution in [0.2, 0.25) is 0 Å². The molecule has 1 fully saturated rings. The molecule has 18 heavy (non-hydrogen) atoms. The predicted molar refractivity (Wildman–Crippen MR) is 74.7 cm³/mol. The van der Waals surface area contributed by atoms with Gasteiger partial charge < -0.3 is 5.11 Å². The van der Waals surface area contributed by atoms with Crippen LogP contribution < -0.4 is 0 Å². The number of rotatable bonds is 7. The highest BCUT2D eigenvalue weighted by Gasteiger charge is 2.26. The molecule has 1 saturated carbocycles. The third-order valence-electron chi connectivity index (χ3n) is 4.33. The largest absolute Gasteiger partial charge is 0.481 e. The van der Waals surface area contributed by atoms with E-state index in [2.05, 4.69) is 25.7 Å². The minimum Gasteiger partial charge on any atom is -0.481 e. The molecular weight excluding hydrogens is 226 g/mol. The van der Waals surface area contributed by atoms with Gasteiger partial charge in [-0.05, 0) is 52.5 Å². The van der Waals surface area contributed by atoms with Crippen LogP contribution in [-0.4, -0.2) is 34.6 Å². The molecule has 1 N–H and O–H groups in total. The first kappa shape index (κ1) is 15.5. The van der Waals surface area contributed by atoms with Crippen molar-refractivity contribution in [3.63, 3.8) is 0 Å². The number of carbonyl (C=O) groups is 1. The molecule has 1 unspecified atom stereocenters. The van der Waals surface area contributed by atoms with Gasteiger partial charge in [-0.1, -0.05) is 19.3 Å². The Morgan fingerprint density at radius 1 is 1.22 bits per heavy atom. The molecule has 3 heteroatoms. The van der Waals surface area contributed by atoms with Gasteiger partial charge in [0.05, 0.1) is 0 Å². The van der Waals surface area contributed by atoms with Crippen LogP contribution >= 0.6 is 0 Å². The number of hydrogen-bond donors (Lipinski definition) is 1. The third-order valence-corrected chi connectivity index (χ3v) is 4.33. The zero-order chi connectivity index (χ0) is 13.5. The summed E-state index contributed by atoms with van der Waals surface area (Å²) in [4.78, 5) is 13.1. The topological polar surface area (TPSA) is 40.5 Å². The zero-order valence-electron chi connectivity index (χ0n) is 12.2. The highest BCUT2D eigenvalue weighted by Crippen LogP contribution is 2.29. The van der Waals surface area contributed by atoms with Crippen LogP contribution in [0.3, 0.4) is 0 Å². The van der Waals surface area contributed by atoms with Crippen molar-refractivity contribution in [1.29, 1.82) is 0 Å². The van der Waals surface area contributed by atoms with Gasteiger partial charge in [-0.2, -0.15) is 0 Å². The summed E-state index contributed by atoms with van der Waals surface area (Å²) in [6, 6.07) is 1.11. The highest BCUT2D eigenvalue weighted by atomic mass is 16.4. The second-order valence-corrected chi connectivity index (χ2v) is 5.97. The zero-order valence-corrected chi connectivity index (χ0v) is 12.2. The summed E-state index contributed by atoms with van der Waals surface area (Å²) in [5.74, 6) is 0.134. The molecule has 1 atom stereocenters. The van der Waals surface area contributed by atoms with E-state index >= 15 is 0 Å². The molecule has 0 amide bonds. The molecule has 1 aliphatic rings. The van der Waals surface area contributed by atoms with Crippen LogP contribution in [-0.2, 0) is 4.79 Å². The maximum Gasteiger partial charge on any atom is 0.303 e. The Morgan fingerprint density at radius 3 is 2.33 bits per heavy atom. The molecule has 0 aromatic rings. The van der Waals surface area contributed by atoms with Gasteiger partial charge in [0.2, 0.25) is 0 Å². The molecule has 0 saturated heterocycles. The van der Waals surface area contributed by atoms with Gasteiger partial charge >= 0.3 is 5.97 Å². The van der Waals surface area contributed by atoms with Gasteiger partial charge in [-0.3, -0.25) is 9.69 Å². The normalized spacial score (nSPS) is 19.4. The Balaban J connectivity index is 2.45. The van der Waals surface area contributed by atoms with Gasteiger partial charge in [0.1, 0.15) is 0 Å². The van der Waals surface area contributed by atoms with E-state index in [4.69, 9.17) is 5.11 Å². The average Bonchev–Trinajstić information content (AvgIpc) is 2.34. The summed E-state index contributed by atoms with van der Waals surface area (Å²) < 4.78 is 0. The van der Waals surface area contributed by atoms with Crippen molar-refractivity contribution < 1.29 is 9.90 Å². The number of hydrogen-bond acceptors (Lipinski definition) is 2. The summed E-state index contributed by atoms with van der Waals surface area (Å²) in [5.41, 5.74) is 0. The van der Waals surface area contributed by atoms with E-state index in [0.717, 1.165) is 18.9 Å². The Bertz CT molecular complexity index is 247. The smallest absolute Gasteiger partial charge is 0.303 e. The van der Waals surface area contributed by atoms with E-state index in [1.807, 2.05) is 0 Å². The summed E-state index contributed by atoms with van der Waals surface area (Å²) in [6.45, 7) is 7.69. The van der Waals surface area contributed by atoms with Crippen molar-refractivity contribution in [2.24, 2.45) is 5.92 Å². The van der Waals surface area contributed by atoms with E-state index in [0.29, 0.717) is 18.5 Å². The van der Waals surface area contributed by atoms with Crippen molar-refractivity contribution >= 4 is 5.97 Å². The van der Waals surface area contributed by atoms with Gasteiger partial charge in [-0.25, -0.2) is 0 Å². The van der Waals surface area contributed by atoms with Crippen LogP contribution in [0.5, 0.6) is 0 Å². The van der Waals surface area contributed by atoms with Crippen molar-refractivity contribution in [2.45, 2.75) is 77.8 Å². The molecule has 0 aromatic carbocycles. The SMILES string of the molecule is CC(C)N(CCCC(=O)O)C(C)C1CCCCC1. The van der Waals surface area contributed by atoms with E-state index < -0.39 is 5.97 Å². The van der Waals surface area contributed by atoms with E-state index in [1.165, 1.54) is 32.1 Å². The van der Waals surface area contributed by atoms with E-state index in [1.54, 1.807) is 0 Å². The number of carboxylic acid groups (broad SMARTS) is 1. The lowest BCUT2D eigenvalue weighted by molar-refractivity contribution is -0.137. The van der Waals surface area contributed by atoms with E-state index in [9.17, 15) is 4.79 Å². The van der Waals surface area contributed by atoms with Gasteiger partial charge in [0, 0.05) is 18.5 Å². The fraction of sp³-hybridized carbons (Fsp3) is 0.933. The minimum absolute atomic E-state index is 0.292. The van der Waals surface area contributed by atoms with Gasteiger partial charge in [-0.15, -0.1) is 0 Å². The van der Waals surface area contributed by atoms with Crippen molar-refractivity contribution in [3.8, 4) is 0 Å². The Labute approximate surface area is 112 Å². The van der Waals surface area contributed by atoms with Crippen LogP contribution in [0.4, 0.5) is 0 Å². The number of carboxylic acids is 1. The standard InChI is InChI=1S/C15H29NO2/c1-12(2)16(11-7-10-15(17)18)13(3)14-8-5-4-6-9-14/h12-14H,4-11H2,1-3H3,(H,17,18). The van der Waals surface area contributed by atoms with Crippen LogP contribution in [0.25, 0.3) is 0 Å². The monoisotopic (exact) mass is 255 g/mol. The molecule has 106 valence electrons. The van der Waals surface area contributed by atoms with E-state index in [-0.39, 0.29) is 0 Å². The second kappa shape index (κ2) is 7.78. The molecule has 0 bridgehead atoms. The summed E-state index contributed by atoms with van der Waals surface area (Å²) in [5, 5.41) is 8.73. The maximum atomic E-state index is 10.6. The lowest BCUT2D eigenvalue weighted by Crippen LogP contribution is -2.44. The molecule has 1 aliphatic carbocycles. The molecule has 0 radical (unpaired) electrons. The molecule has 0 heterocycles. The fourth-order valence-corrected chi connectivity index (χ4v) is 3.23. The Kier molecular flexibility index (Phi) is 6.69. The molecule has 3 nitrogen and oxygen atoms in total. The second-order valence-electron chi connectivity index (χ2n) is 5.97. The lowest BCUT2D eigenvalue weighted by atomic mass is 9.83. The first-order chi connectivity index (χ1) is 8.52. The molecule has 1 rings (SSSR count). The molecule has 0 aromatic heterocycles. The third kappa shape index (κ3) is 4.97. The van der Waals surface area contributed by atoms with Gasteiger partial charge in [0.25, 0.3) is 0 Å².